The average Bonchev–Trinajstić information content (AvgIpc) is 2.77. The van der Waals surface area contributed by atoms with Crippen molar-refractivity contribution < 1.29 is 37.6 Å². The number of phosphoric acid groups is 1. The number of hydrogen-bond donors (Lipinski definition) is 2. The van der Waals surface area contributed by atoms with Crippen LogP contribution in [0.25, 0.3) is 0 Å². The predicted octanol–water partition coefficient (Wildman–Crippen LogP) is 4.64. The van der Waals surface area contributed by atoms with Crippen LogP contribution in [0.3, 0.4) is 0 Å². The van der Waals surface area contributed by atoms with Gasteiger partial charge in [0.2, 0.25) is 0 Å². The Hall–Kier alpha value is -0.990. The van der Waals surface area contributed by atoms with Gasteiger partial charge in [-0.25, -0.2) is 4.57 Å². The molecule has 0 aliphatic rings. The van der Waals surface area contributed by atoms with Crippen LogP contribution in [-0.4, -0.2) is 49.3 Å². The normalized spacial score (nSPS) is 14.0. The van der Waals surface area contributed by atoms with Crippen molar-refractivity contribution in [3.05, 3.63) is 0 Å². The Morgan fingerprint density at radius 1 is 0.812 bits per heavy atom. The maximum absolute atomic E-state index is 12.2. The van der Waals surface area contributed by atoms with Crippen molar-refractivity contribution in [3.63, 3.8) is 0 Å². The monoisotopic (exact) mass is 481 g/mol. The van der Waals surface area contributed by atoms with Gasteiger partial charge in [-0.05, 0) is 12.8 Å². The third-order valence-electron chi connectivity index (χ3n) is 4.74. The van der Waals surface area contributed by atoms with Gasteiger partial charge in [-0.2, -0.15) is 0 Å². The van der Waals surface area contributed by atoms with Crippen LogP contribution in [0.1, 0.15) is 97.3 Å². The van der Waals surface area contributed by atoms with E-state index in [1.807, 2.05) is 6.92 Å². The van der Waals surface area contributed by atoms with Crippen molar-refractivity contribution in [2.24, 2.45) is 5.73 Å². The number of phosphoric ester groups is 1. The fraction of sp³-hybridized carbons (Fsp3) is 0.909. The van der Waals surface area contributed by atoms with Crippen LogP contribution in [0.5, 0.6) is 0 Å². The number of carbonyl (C=O) groups excluding carboxylic acids is 2. The van der Waals surface area contributed by atoms with Gasteiger partial charge in [0.1, 0.15) is 6.61 Å². The Balaban J connectivity index is 4.33. The number of rotatable bonds is 22. The molecule has 190 valence electrons. The smallest absolute Gasteiger partial charge is 0.462 e. The summed E-state index contributed by atoms with van der Waals surface area (Å²) in [7, 11) is -4.33. The molecule has 10 heteroatoms. The second-order valence-corrected chi connectivity index (χ2v) is 9.32. The molecule has 9 nitrogen and oxygen atoms in total. The van der Waals surface area contributed by atoms with Crippen LogP contribution >= 0.6 is 7.82 Å². The summed E-state index contributed by atoms with van der Waals surface area (Å²) < 4.78 is 31.8. The van der Waals surface area contributed by atoms with Crippen molar-refractivity contribution in [1.29, 1.82) is 0 Å². The van der Waals surface area contributed by atoms with Gasteiger partial charge < -0.3 is 20.1 Å². The number of hydrogen-bond acceptors (Lipinski definition) is 8. The first-order valence-electron chi connectivity index (χ1n) is 12.0. The summed E-state index contributed by atoms with van der Waals surface area (Å²) >= 11 is 0. The largest absolute Gasteiger partial charge is 0.472 e. The maximum atomic E-state index is 12.2. The van der Waals surface area contributed by atoms with E-state index in [9.17, 15) is 19.0 Å². The van der Waals surface area contributed by atoms with Crippen molar-refractivity contribution in [2.45, 2.75) is 103 Å². The molecule has 0 radical (unpaired) electrons. The van der Waals surface area contributed by atoms with E-state index < -0.39 is 32.5 Å². The van der Waals surface area contributed by atoms with Gasteiger partial charge in [-0.3, -0.25) is 18.6 Å². The second-order valence-electron chi connectivity index (χ2n) is 7.86. The summed E-state index contributed by atoms with van der Waals surface area (Å²) in [5.41, 5.74) is 5.24. The molecule has 0 heterocycles. The van der Waals surface area contributed by atoms with E-state index in [1.54, 1.807) is 0 Å². The molecule has 32 heavy (non-hydrogen) atoms. The molecule has 0 amide bonds. The highest BCUT2D eigenvalue weighted by molar-refractivity contribution is 7.47. The first-order valence-corrected chi connectivity index (χ1v) is 13.5. The van der Waals surface area contributed by atoms with E-state index in [2.05, 4.69) is 11.4 Å². The molecule has 2 unspecified atom stereocenters. The van der Waals surface area contributed by atoms with Crippen molar-refractivity contribution in [1.82, 2.24) is 0 Å². The topological polar surface area (TPSA) is 134 Å². The van der Waals surface area contributed by atoms with Crippen molar-refractivity contribution in [3.8, 4) is 0 Å². The van der Waals surface area contributed by atoms with Crippen LogP contribution in [0, 0.1) is 0 Å². The van der Waals surface area contributed by atoms with Gasteiger partial charge in [-0.15, -0.1) is 0 Å². The van der Waals surface area contributed by atoms with Gasteiger partial charge in [0.05, 0.1) is 13.2 Å². The summed E-state index contributed by atoms with van der Waals surface area (Å²) in [6.07, 6.45) is 11.2. The number of ether oxygens (including phenoxy) is 2. The van der Waals surface area contributed by atoms with E-state index in [0.717, 1.165) is 25.7 Å². The highest BCUT2D eigenvalue weighted by Gasteiger charge is 2.25. The summed E-state index contributed by atoms with van der Waals surface area (Å²) in [6, 6.07) is 0. The quantitative estimate of drug-likeness (QED) is 0.129. The third-order valence-corrected chi connectivity index (χ3v) is 5.73. The SMILES string of the molecule is CCCCCCCCCCCC(=O)OC(COC(=O)CCCC)COP(=O)(O)OCCN. The Bertz CT molecular complexity index is 532. The lowest BCUT2D eigenvalue weighted by Crippen LogP contribution is -2.29. The molecule has 0 rings (SSSR count). The summed E-state index contributed by atoms with van der Waals surface area (Å²) in [5.74, 6) is -0.875. The van der Waals surface area contributed by atoms with Crippen LogP contribution in [0.15, 0.2) is 0 Å². The van der Waals surface area contributed by atoms with E-state index in [1.165, 1.54) is 32.1 Å². The lowest BCUT2D eigenvalue weighted by molar-refractivity contribution is -0.161. The number of nitrogens with two attached hydrogens (primary N) is 1. The molecule has 0 aromatic carbocycles. The van der Waals surface area contributed by atoms with E-state index in [4.69, 9.17) is 19.7 Å². The molecule has 3 N–H and O–H groups in total. The summed E-state index contributed by atoms with van der Waals surface area (Å²) in [6.45, 7) is 3.39. The molecular formula is C22H44NO8P. The lowest BCUT2D eigenvalue weighted by Gasteiger charge is -2.19. The minimum atomic E-state index is -4.33. The van der Waals surface area contributed by atoms with Gasteiger partial charge in [0, 0.05) is 19.4 Å². The minimum absolute atomic E-state index is 0.0557. The standard InChI is InChI=1S/C22H44NO8P/c1-3-5-7-8-9-10-11-12-13-15-22(25)31-20(18-28-21(24)14-6-4-2)19-30-32(26,27)29-17-16-23/h20H,3-19,23H2,1-2H3,(H,26,27). The first-order chi connectivity index (χ1) is 15.3. The number of unbranched alkanes of at least 4 members (excludes halogenated alkanes) is 9. The molecular weight excluding hydrogens is 437 g/mol. The van der Waals surface area contributed by atoms with Crippen molar-refractivity contribution >= 4 is 19.8 Å². The highest BCUT2D eigenvalue weighted by atomic mass is 31.2. The van der Waals surface area contributed by atoms with Gasteiger partial charge >= 0.3 is 19.8 Å². The maximum Gasteiger partial charge on any atom is 0.472 e. The van der Waals surface area contributed by atoms with Gasteiger partial charge in [0.25, 0.3) is 0 Å². The van der Waals surface area contributed by atoms with Gasteiger partial charge in [0.15, 0.2) is 6.10 Å². The predicted molar refractivity (Wildman–Crippen MR) is 123 cm³/mol. The van der Waals surface area contributed by atoms with Crippen LogP contribution in [-0.2, 0) is 32.7 Å². The summed E-state index contributed by atoms with van der Waals surface area (Å²) in [4.78, 5) is 33.5. The zero-order valence-electron chi connectivity index (χ0n) is 19.9. The van der Waals surface area contributed by atoms with Crippen LogP contribution < -0.4 is 5.73 Å². The zero-order valence-corrected chi connectivity index (χ0v) is 20.8. The molecule has 0 aliphatic heterocycles. The third kappa shape index (κ3) is 19.7. The van der Waals surface area contributed by atoms with Crippen LogP contribution in [0.2, 0.25) is 0 Å². The minimum Gasteiger partial charge on any atom is -0.462 e. The Labute approximate surface area is 193 Å². The molecule has 0 spiro atoms. The molecule has 0 aromatic rings. The second kappa shape index (κ2) is 20.6. The number of esters is 2. The molecule has 0 aromatic heterocycles. The average molecular weight is 482 g/mol. The molecule has 0 aliphatic carbocycles. The van der Waals surface area contributed by atoms with Crippen molar-refractivity contribution in [2.75, 3.05) is 26.4 Å². The van der Waals surface area contributed by atoms with E-state index >= 15 is 0 Å². The molecule has 0 saturated carbocycles. The fourth-order valence-electron chi connectivity index (χ4n) is 2.90. The highest BCUT2D eigenvalue weighted by Crippen LogP contribution is 2.43. The number of carbonyl (C=O) groups is 2. The molecule has 0 fully saturated rings. The van der Waals surface area contributed by atoms with E-state index in [0.29, 0.717) is 12.8 Å². The Kier molecular flexibility index (Phi) is 20.0. The van der Waals surface area contributed by atoms with Gasteiger partial charge in [-0.1, -0.05) is 71.6 Å². The first kappa shape index (κ1) is 31.0. The zero-order chi connectivity index (χ0) is 24.1. The molecule has 0 saturated heterocycles. The molecule has 2 atom stereocenters. The molecule has 0 bridgehead atoms. The Morgan fingerprint density at radius 3 is 1.97 bits per heavy atom. The Morgan fingerprint density at radius 2 is 1.38 bits per heavy atom. The summed E-state index contributed by atoms with van der Waals surface area (Å²) in [5, 5.41) is 0. The fourth-order valence-corrected chi connectivity index (χ4v) is 3.67. The van der Waals surface area contributed by atoms with E-state index in [-0.39, 0.29) is 32.6 Å². The van der Waals surface area contributed by atoms with Crippen LogP contribution in [0.4, 0.5) is 0 Å². The lowest BCUT2D eigenvalue weighted by atomic mass is 10.1.